The Kier molecular flexibility index (Phi) is 4.33. The lowest BCUT2D eigenvalue weighted by atomic mass is 9.89. The Morgan fingerprint density at radius 3 is 2.69 bits per heavy atom. The average molecular weight is 226 g/mol. The Bertz CT molecular complexity index is 279. The van der Waals surface area contributed by atoms with E-state index >= 15 is 0 Å². The lowest BCUT2D eigenvalue weighted by Gasteiger charge is -2.21. The highest BCUT2D eigenvalue weighted by atomic mass is 16.6. The maximum Gasteiger partial charge on any atom is 0.428 e. The summed E-state index contributed by atoms with van der Waals surface area (Å²) >= 11 is 0. The first-order valence-corrected chi connectivity index (χ1v) is 5.94. The molecule has 0 aromatic heterocycles. The second-order valence-electron chi connectivity index (χ2n) is 5.36. The van der Waals surface area contributed by atoms with Gasteiger partial charge in [-0.3, -0.25) is 0 Å². The smallest absolute Gasteiger partial charge is 0.428 e. The maximum atomic E-state index is 11.4. The van der Waals surface area contributed by atoms with Crippen molar-refractivity contribution in [3.8, 4) is 0 Å². The number of nitrogens with zero attached hydrogens (tertiary/aromatic N) is 1. The van der Waals surface area contributed by atoms with Gasteiger partial charge >= 0.3 is 6.09 Å². The van der Waals surface area contributed by atoms with E-state index in [9.17, 15) is 4.79 Å². The molecule has 0 aliphatic heterocycles. The van der Waals surface area contributed by atoms with Gasteiger partial charge in [-0.25, -0.2) is 10.2 Å². The summed E-state index contributed by atoms with van der Waals surface area (Å²) in [6.07, 6.45) is 4.09. The van der Waals surface area contributed by atoms with E-state index in [0.717, 1.165) is 18.6 Å². The minimum absolute atomic E-state index is 0.470. The predicted molar refractivity (Wildman–Crippen MR) is 64.4 cm³/mol. The summed E-state index contributed by atoms with van der Waals surface area (Å²) in [6, 6.07) is 0. The van der Waals surface area contributed by atoms with E-state index in [1.807, 2.05) is 20.8 Å². The second-order valence-corrected chi connectivity index (χ2v) is 5.36. The molecular formula is C12H22N2O2. The zero-order valence-corrected chi connectivity index (χ0v) is 10.7. The maximum absolute atomic E-state index is 11.4. The fourth-order valence-corrected chi connectivity index (χ4v) is 1.75. The highest BCUT2D eigenvalue weighted by Gasteiger charge is 2.18. The average Bonchev–Trinajstić information content (AvgIpc) is 2.14. The molecular weight excluding hydrogens is 204 g/mol. The van der Waals surface area contributed by atoms with Crippen LogP contribution in [0.5, 0.6) is 0 Å². The molecule has 1 aliphatic carbocycles. The van der Waals surface area contributed by atoms with E-state index in [0.29, 0.717) is 5.92 Å². The Morgan fingerprint density at radius 1 is 1.44 bits per heavy atom. The van der Waals surface area contributed by atoms with E-state index in [-0.39, 0.29) is 0 Å². The summed E-state index contributed by atoms with van der Waals surface area (Å²) in [6.45, 7) is 7.66. The lowest BCUT2D eigenvalue weighted by molar-refractivity contribution is 0.0528. The van der Waals surface area contributed by atoms with E-state index < -0.39 is 11.7 Å². The molecule has 1 atom stereocenters. The van der Waals surface area contributed by atoms with Crippen LogP contribution in [0, 0.1) is 5.92 Å². The standard InChI is InChI=1S/C12H22N2O2/c1-9-7-5-6-8-10(9)13-14-11(15)16-12(2,3)4/h9H,5-8H2,1-4H3,(H,14,15)/b13-10-/t9-/m1/s1. The van der Waals surface area contributed by atoms with Crippen LogP contribution in [-0.4, -0.2) is 17.4 Å². The first-order valence-electron chi connectivity index (χ1n) is 5.94. The minimum Gasteiger partial charge on any atom is -0.443 e. The van der Waals surface area contributed by atoms with Crippen LogP contribution in [0.3, 0.4) is 0 Å². The number of carbonyl (C=O) groups is 1. The second kappa shape index (κ2) is 5.32. The molecule has 16 heavy (non-hydrogen) atoms. The van der Waals surface area contributed by atoms with Crippen molar-refractivity contribution in [3.05, 3.63) is 0 Å². The number of hydrogen-bond acceptors (Lipinski definition) is 3. The Morgan fingerprint density at radius 2 is 2.12 bits per heavy atom. The van der Waals surface area contributed by atoms with Crippen molar-refractivity contribution in [1.29, 1.82) is 0 Å². The molecule has 4 nitrogen and oxygen atoms in total. The van der Waals surface area contributed by atoms with Gasteiger partial charge in [0, 0.05) is 5.71 Å². The largest absolute Gasteiger partial charge is 0.443 e. The van der Waals surface area contributed by atoms with Crippen LogP contribution in [0.1, 0.15) is 53.4 Å². The Balaban J connectivity index is 2.42. The molecule has 0 aromatic carbocycles. The normalized spacial score (nSPS) is 24.2. The third-order valence-electron chi connectivity index (χ3n) is 2.58. The molecule has 0 unspecified atom stereocenters. The first-order chi connectivity index (χ1) is 7.38. The van der Waals surface area contributed by atoms with Crippen LogP contribution in [0.15, 0.2) is 5.10 Å². The quantitative estimate of drug-likeness (QED) is 0.698. The molecule has 0 saturated heterocycles. The van der Waals surface area contributed by atoms with E-state index in [1.54, 1.807) is 0 Å². The number of hydrogen-bond donors (Lipinski definition) is 1. The summed E-state index contributed by atoms with van der Waals surface area (Å²) in [5.41, 5.74) is 3.08. The van der Waals surface area contributed by atoms with Gasteiger partial charge in [0.15, 0.2) is 0 Å². The fraction of sp³-hybridized carbons (Fsp3) is 0.833. The molecule has 0 heterocycles. The molecule has 1 fully saturated rings. The van der Waals surface area contributed by atoms with Crippen LogP contribution >= 0.6 is 0 Å². The zero-order valence-electron chi connectivity index (χ0n) is 10.7. The van der Waals surface area contributed by atoms with E-state index in [1.165, 1.54) is 12.8 Å². The van der Waals surface area contributed by atoms with Gasteiger partial charge in [0.25, 0.3) is 0 Å². The molecule has 1 rings (SSSR count). The topological polar surface area (TPSA) is 50.7 Å². The van der Waals surface area contributed by atoms with Crippen molar-refractivity contribution < 1.29 is 9.53 Å². The molecule has 1 aliphatic rings. The van der Waals surface area contributed by atoms with Gasteiger partial charge in [-0.2, -0.15) is 5.10 Å². The number of ether oxygens (including phenoxy) is 1. The predicted octanol–water partition coefficient (Wildman–Crippen LogP) is 3.08. The van der Waals surface area contributed by atoms with Crippen LogP contribution in [-0.2, 0) is 4.74 Å². The summed E-state index contributed by atoms with van der Waals surface area (Å²) in [5.74, 6) is 0.476. The molecule has 1 amide bonds. The van der Waals surface area contributed by atoms with Crippen molar-refractivity contribution in [3.63, 3.8) is 0 Å². The van der Waals surface area contributed by atoms with Crippen molar-refractivity contribution >= 4 is 11.8 Å². The molecule has 0 bridgehead atoms. The summed E-state index contributed by atoms with van der Waals surface area (Å²) in [7, 11) is 0. The minimum atomic E-state index is -0.474. The lowest BCUT2D eigenvalue weighted by Crippen LogP contribution is -2.31. The number of rotatable bonds is 1. The van der Waals surface area contributed by atoms with Crippen molar-refractivity contribution in [2.24, 2.45) is 11.0 Å². The van der Waals surface area contributed by atoms with Gasteiger partial charge in [0.1, 0.15) is 5.60 Å². The molecule has 0 spiro atoms. The monoisotopic (exact) mass is 226 g/mol. The number of amides is 1. The molecule has 4 heteroatoms. The molecule has 0 aromatic rings. The van der Waals surface area contributed by atoms with E-state index in [2.05, 4.69) is 17.5 Å². The Labute approximate surface area is 97.4 Å². The fourth-order valence-electron chi connectivity index (χ4n) is 1.75. The molecule has 92 valence electrons. The van der Waals surface area contributed by atoms with E-state index in [4.69, 9.17) is 4.74 Å². The highest BCUT2D eigenvalue weighted by Crippen LogP contribution is 2.20. The Hall–Kier alpha value is -1.06. The van der Waals surface area contributed by atoms with Crippen LogP contribution < -0.4 is 5.43 Å². The number of carbonyl (C=O) groups excluding carboxylic acids is 1. The highest BCUT2D eigenvalue weighted by molar-refractivity contribution is 5.87. The number of hydrazone groups is 1. The molecule has 0 radical (unpaired) electrons. The molecule has 1 saturated carbocycles. The van der Waals surface area contributed by atoms with Crippen molar-refractivity contribution in [2.75, 3.05) is 0 Å². The third-order valence-corrected chi connectivity index (χ3v) is 2.58. The van der Waals surface area contributed by atoms with Crippen molar-refractivity contribution in [2.45, 2.75) is 59.0 Å². The summed E-state index contributed by atoms with van der Waals surface area (Å²) in [4.78, 5) is 11.4. The molecule has 1 N–H and O–H groups in total. The summed E-state index contributed by atoms with van der Waals surface area (Å²) < 4.78 is 5.11. The number of nitrogens with one attached hydrogen (secondary N) is 1. The SMILES string of the molecule is C[C@@H]1CCCC/C1=N/NC(=O)OC(C)(C)C. The zero-order chi connectivity index (χ0) is 12.2. The van der Waals surface area contributed by atoms with Crippen LogP contribution in [0.25, 0.3) is 0 Å². The van der Waals surface area contributed by atoms with Crippen LogP contribution in [0.4, 0.5) is 4.79 Å². The van der Waals surface area contributed by atoms with Crippen LogP contribution in [0.2, 0.25) is 0 Å². The van der Waals surface area contributed by atoms with Gasteiger partial charge < -0.3 is 4.74 Å². The van der Waals surface area contributed by atoms with Crippen molar-refractivity contribution in [1.82, 2.24) is 5.43 Å². The third kappa shape index (κ3) is 4.64. The van der Waals surface area contributed by atoms with Gasteiger partial charge in [-0.1, -0.05) is 13.3 Å². The van der Waals surface area contributed by atoms with Gasteiger partial charge in [-0.05, 0) is 46.0 Å². The summed E-state index contributed by atoms with van der Waals surface area (Å²) in [5, 5.41) is 4.14. The van der Waals surface area contributed by atoms with Gasteiger partial charge in [0.05, 0.1) is 0 Å². The van der Waals surface area contributed by atoms with Gasteiger partial charge in [0.2, 0.25) is 0 Å². The van der Waals surface area contributed by atoms with Gasteiger partial charge in [-0.15, -0.1) is 0 Å². The first kappa shape index (κ1) is 13.0.